The summed E-state index contributed by atoms with van der Waals surface area (Å²) in [6.07, 6.45) is 0.957. The molecule has 4 heteroatoms. The first kappa shape index (κ1) is 7.23. The summed E-state index contributed by atoms with van der Waals surface area (Å²) in [5.41, 5.74) is 0. The van der Waals surface area contributed by atoms with Crippen LogP contribution in [0.25, 0.3) is 0 Å². The Labute approximate surface area is 47.7 Å². The van der Waals surface area contributed by atoms with Crippen LogP contribution in [0, 0.1) is 0 Å². The SMILES string of the molecule is COCCO/C=N/O. The molecular formula is C4H9NO3. The van der Waals surface area contributed by atoms with E-state index >= 15 is 0 Å². The van der Waals surface area contributed by atoms with Crippen LogP contribution in [0.3, 0.4) is 0 Å². The van der Waals surface area contributed by atoms with Gasteiger partial charge >= 0.3 is 0 Å². The first-order valence-electron chi connectivity index (χ1n) is 2.18. The molecule has 0 saturated heterocycles. The van der Waals surface area contributed by atoms with E-state index < -0.39 is 0 Å². The topological polar surface area (TPSA) is 51.0 Å². The fourth-order valence-electron chi connectivity index (χ4n) is 0.217. The maximum atomic E-state index is 7.77. The number of hydrogen-bond donors (Lipinski definition) is 1. The van der Waals surface area contributed by atoms with Crippen molar-refractivity contribution in [1.29, 1.82) is 0 Å². The van der Waals surface area contributed by atoms with Gasteiger partial charge in [-0.25, -0.2) is 0 Å². The second-order valence-corrected chi connectivity index (χ2v) is 1.08. The van der Waals surface area contributed by atoms with Gasteiger partial charge in [0.25, 0.3) is 0 Å². The third-order valence-electron chi connectivity index (χ3n) is 0.527. The highest BCUT2D eigenvalue weighted by molar-refractivity contribution is 5.44. The molecule has 48 valence electrons. The first-order chi connectivity index (χ1) is 3.91. The Morgan fingerprint density at radius 1 is 1.62 bits per heavy atom. The summed E-state index contributed by atoms with van der Waals surface area (Å²) in [4.78, 5) is 0. The second-order valence-electron chi connectivity index (χ2n) is 1.08. The van der Waals surface area contributed by atoms with Gasteiger partial charge in [0.2, 0.25) is 6.40 Å². The van der Waals surface area contributed by atoms with E-state index in [2.05, 4.69) is 14.6 Å². The molecule has 0 atom stereocenters. The van der Waals surface area contributed by atoms with Crippen molar-refractivity contribution >= 4 is 6.40 Å². The highest BCUT2D eigenvalue weighted by Gasteiger charge is 1.77. The molecule has 0 unspecified atom stereocenters. The molecular weight excluding hydrogens is 110 g/mol. The molecule has 0 aromatic carbocycles. The minimum atomic E-state index is 0.417. The largest absolute Gasteiger partial charge is 0.478 e. The number of nitrogens with zero attached hydrogens (tertiary/aromatic N) is 1. The van der Waals surface area contributed by atoms with Crippen molar-refractivity contribution in [2.24, 2.45) is 5.16 Å². The number of rotatable bonds is 4. The van der Waals surface area contributed by atoms with Crippen molar-refractivity contribution in [2.75, 3.05) is 20.3 Å². The van der Waals surface area contributed by atoms with Gasteiger partial charge in [0.15, 0.2) is 0 Å². The lowest BCUT2D eigenvalue weighted by Crippen LogP contribution is -1.99. The van der Waals surface area contributed by atoms with Gasteiger partial charge in [-0.2, -0.15) is 0 Å². The van der Waals surface area contributed by atoms with E-state index in [-0.39, 0.29) is 0 Å². The molecule has 0 fully saturated rings. The highest BCUT2D eigenvalue weighted by Crippen LogP contribution is 1.68. The van der Waals surface area contributed by atoms with Gasteiger partial charge in [-0.3, -0.25) is 0 Å². The molecule has 8 heavy (non-hydrogen) atoms. The Balaban J connectivity index is 2.72. The molecule has 1 N–H and O–H groups in total. The maximum absolute atomic E-state index is 7.77. The van der Waals surface area contributed by atoms with Crippen molar-refractivity contribution in [3.8, 4) is 0 Å². The minimum Gasteiger partial charge on any atom is -0.478 e. The zero-order valence-corrected chi connectivity index (χ0v) is 4.70. The van der Waals surface area contributed by atoms with E-state index in [0.29, 0.717) is 13.2 Å². The third-order valence-corrected chi connectivity index (χ3v) is 0.527. The van der Waals surface area contributed by atoms with Crippen LogP contribution in [0.1, 0.15) is 0 Å². The lowest BCUT2D eigenvalue weighted by Gasteiger charge is -1.94. The summed E-state index contributed by atoms with van der Waals surface area (Å²) < 4.78 is 9.18. The van der Waals surface area contributed by atoms with Crippen molar-refractivity contribution < 1.29 is 14.7 Å². The summed E-state index contributed by atoms with van der Waals surface area (Å²) in [5, 5.41) is 10.4. The van der Waals surface area contributed by atoms with E-state index in [9.17, 15) is 0 Å². The maximum Gasteiger partial charge on any atom is 0.212 e. The Bertz CT molecular complexity index is 64.3. The Morgan fingerprint density at radius 3 is 2.88 bits per heavy atom. The molecule has 0 heterocycles. The van der Waals surface area contributed by atoms with Crippen molar-refractivity contribution in [3.05, 3.63) is 0 Å². The van der Waals surface area contributed by atoms with Gasteiger partial charge in [0.05, 0.1) is 6.61 Å². The van der Waals surface area contributed by atoms with Gasteiger partial charge in [-0.1, -0.05) is 5.16 Å². The molecule has 0 aliphatic rings. The summed E-state index contributed by atoms with van der Waals surface area (Å²) >= 11 is 0. The molecule has 0 saturated carbocycles. The smallest absolute Gasteiger partial charge is 0.212 e. The van der Waals surface area contributed by atoms with Gasteiger partial charge in [0.1, 0.15) is 6.61 Å². The summed E-state index contributed by atoms with van der Waals surface area (Å²) in [6, 6.07) is 0. The van der Waals surface area contributed by atoms with Gasteiger partial charge in [-0.15, -0.1) is 0 Å². The number of methoxy groups -OCH3 is 1. The Hall–Kier alpha value is -0.770. The van der Waals surface area contributed by atoms with Crippen LogP contribution in [-0.2, 0) is 9.47 Å². The molecule has 0 amide bonds. The normalized spacial score (nSPS) is 10.1. The van der Waals surface area contributed by atoms with Crippen LogP contribution >= 0.6 is 0 Å². The standard InChI is InChI=1S/C4H9NO3/c1-7-2-3-8-4-5-6/h4,6H,2-3H2,1H3/b5-4+. The average Bonchev–Trinajstić information content (AvgIpc) is 1.81. The molecule has 4 nitrogen and oxygen atoms in total. The zero-order valence-electron chi connectivity index (χ0n) is 4.70. The van der Waals surface area contributed by atoms with Gasteiger partial charge < -0.3 is 14.7 Å². The van der Waals surface area contributed by atoms with Crippen LogP contribution in [0.5, 0.6) is 0 Å². The summed E-state index contributed by atoms with van der Waals surface area (Å²) in [6.45, 7) is 0.923. The molecule has 0 aliphatic heterocycles. The molecule has 0 spiro atoms. The van der Waals surface area contributed by atoms with Crippen LogP contribution in [0.2, 0.25) is 0 Å². The molecule has 0 radical (unpaired) electrons. The molecule has 0 bridgehead atoms. The average molecular weight is 119 g/mol. The summed E-state index contributed by atoms with van der Waals surface area (Å²) in [7, 11) is 1.57. The second kappa shape index (κ2) is 6.23. The number of hydrogen-bond acceptors (Lipinski definition) is 4. The quantitative estimate of drug-likeness (QED) is 0.187. The van der Waals surface area contributed by atoms with E-state index in [4.69, 9.17) is 5.21 Å². The molecule has 0 rings (SSSR count). The summed E-state index contributed by atoms with van der Waals surface area (Å²) in [5.74, 6) is 0. The predicted octanol–water partition coefficient (Wildman–Crippen LogP) is 0.0669. The van der Waals surface area contributed by atoms with E-state index in [0.717, 1.165) is 6.40 Å². The Kier molecular flexibility index (Phi) is 5.63. The van der Waals surface area contributed by atoms with E-state index in [1.165, 1.54) is 0 Å². The van der Waals surface area contributed by atoms with Gasteiger partial charge in [0, 0.05) is 7.11 Å². The number of oxime groups is 1. The molecule has 0 aliphatic carbocycles. The van der Waals surface area contributed by atoms with Crippen LogP contribution < -0.4 is 0 Å². The lowest BCUT2D eigenvalue weighted by molar-refractivity contribution is 0.141. The number of ether oxygens (including phenoxy) is 2. The monoisotopic (exact) mass is 119 g/mol. The van der Waals surface area contributed by atoms with Crippen LogP contribution in [0.15, 0.2) is 5.16 Å². The van der Waals surface area contributed by atoms with Gasteiger partial charge in [-0.05, 0) is 0 Å². The first-order valence-corrected chi connectivity index (χ1v) is 2.18. The lowest BCUT2D eigenvalue weighted by atomic mass is 10.8. The minimum absolute atomic E-state index is 0.417. The predicted molar refractivity (Wildman–Crippen MR) is 28.1 cm³/mol. The molecule has 0 aromatic rings. The van der Waals surface area contributed by atoms with Crippen LogP contribution in [0.4, 0.5) is 0 Å². The van der Waals surface area contributed by atoms with E-state index in [1.54, 1.807) is 7.11 Å². The Morgan fingerprint density at radius 2 is 2.38 bits per heavy atom. The third kappa shape index (κ3) is 5.23. The van der Waals surface area contributed by atoms with Crippen molar-refractivity contribution in [2.45, 2.75) is 0 Å². The molecule has 0 aromatic heterocycles. The fourth-order valence-corrected chi connectivity index (χ4v) is 0.217. The van der Waals surface area contributed by atoms with E-state index in [1.807, 2.05) is 0 Å². The fraction of sp³-hybridized carbons (Fsp3) is 0.750. The zero-order chi connectivity index (χ0) is 6.24. The van der Waals surface area contributed by atoms with Crippen LogP contribution in [-0.4, -0.2) is 31.9 Å². The van der Waals surface area contributed by atoms with Crippen molar-refractivity contribution in [3.63, 3.8) is 0 Å². The highest BCUT2D eigenvalue weighted by atomic mass is 16.5. The van der Waals surface area contributed by atoms with Crippen molar-refractivity contribution in [1.82, 2.24) is 0 Å².